The third kappa shape index (κ3) is 5.10. The molecular formula is C18H26N8O. The van der Waals surface area contributed by atoms with Crippen LogP contribution in [0.25, 0.3) is 0 Å². The van der Waals surface area contributed by atoms with Gasteiger partial charge in [0.25, 0.3) is 5.91 Å². The van der Waals surface area contributed by atoms with Crippen LogP contribution in [0.1, 0.15) is 16.2 Å². The van der Waals surface area contributed by atoms with E-state index in [1.165, 1.54) is 0 Å². The largest absolute Gasteiger partial charge is 0.353 e. The zero-order chi connectivity index (χ0) is 19.2. The maximum Gasteiger partial charge on any atom is 0.272 e. The SMILES string of the molecule is Cc1cc(C(=O)N2CCN(c3ncccn3)CC2)nc(NCCN(C)C)n1. The summed E-state index contributed by atoms with van der Waals surface area (Å²) in [6.07, 6.45) is 3.46. The number of hydrogen-bond acceptors (Lipinski definition) is 8. The van der Waals surface area contributed by atoms with Gasteiger partial charge in [0.15, 0.2) is 0 Å². The van der Waals surface area contributed by atoms with Gasteiger partial charge >= 0.3 is 0 Å². The van der Waals surface area contributed by atoms with Gasteiger partial charge in [-0.15, -0.1) is 0 Å². The zero-order valence-electron chi connectivity index (χ0n) is 16.1. The van der Waals surface area contributed by atoms with Crippen LogP contribution in [0.3, 0.4) is 0 Å². The number of nitrogens with zero attached hydrogens (tertiary/aromatic N) is 7. The summed E-state index contributed by atoms with van der Waals surface area (Å²) in [6, 6.07) is 3.54. The molecule has 1 fully saturated rings. The Morgan fingerprint density at radius 1 is 1.15 bits per heavy atom. The van der Waals surface area contributed by atoms with E-state index in [-0.39, 0.29) is 5.91 Å². The number of rotatable bonds is 6. The number of anilines is 2. The number of carbonyl (C=O) groups is 1. The standard InChI is InChI=1S/C18H26N8O/c1-14-13-15(23-17(22-14)19-7-8-24(2)3)16(27)25-9-11-26(12-10-25)18-20-5-4-6-21-18/h4-6,13H,7-12H2,1-3H3,(H,19,22,23). The lowest BCUT2D eigenvalue weighted by atomic mass is 10.2. The average Bonchev–Trinajstić information content (AvgIpc) is 2.67. The van der Waals surface area contributed by atoms with E-state index < -0.39 is 0 Å². The van der Waals surface area contributed by atoms with Crippen LogP contribution in [0.2, 0.25) is 0 Å². The predicted molar refractivity (Wildman–Crippen MR) is 104 cm³/mol. The van der Waals surface area contributed by atoms with Crippen molar-refractivity contribution in [2.75, 3.05) is 63.6 Å². The molecule has 9 nitrogen and oxygen atoms in total. The van der Waals surface area contributed by atoms with Crippen LogP contribution in [-0.4, -0.2) is 89.0 Å². The van der Waals surface area contributed by atoms with Crippen molar-refractivity contribution in [3.63, 3.8) is 0 Å². The van der Waals surface area contributed by atoms with Gasteiger partial charge in [0, 0.05) is 57.4 Å². The van der Waals surface area contributed by atoms with Gasteiger partial charge in [-0.25, -0.2) is 19.9 Å². The molecule has 2 aromatic rings. The molecule has 144 valence electrons. The Labute approximate surface area is 159 Å². The molecule has 1 saturated heterocycles. The fourth-order valence-electron chi connectivity index (χ4n) is 2.87. The first-order chi connectivity index (χ1) is 13.0. The first-order valence-electron chi connectivity index (χ1n) is 9.08. The first kappa shape index (κ1) is 19.0. The monoisotopic (exact) mass is 370 g/mol. The molecule has 3 rings (SSSR count). The number of aromatic nitrogens is 4. The molecule has 0 spiro atoms. The molecule has 0 bridgehead atoms. The van der Waals surface area contributed by atoms with E-state index in [4.69, 9.17) is 0 Å². The lowest BCUT2D eigenvalue weighted by molar-refractivity contribution is 0.0740. The molecule has 0 aromatic carbocycles. The van der Waals surface area contributed by atoms with E-state index in [2.05, 4.69) is 35.1 Å². The maximum atomic E-state index is 12.9. The van der Waals surface area contributed by atoms with Gasteiger partial charge in [0.2, 0.25) is 11.9 Å². The van der Waals surface area contributed by atoms with Gasteiger partial charge < -0.3 is 20.0 Å². The Balaban J connectivity index is 1.61. The van der Waals surface area contributed by atoms with Crippen LogP contribution in [0.15, 0.2) is 24.5 Å². The molecule has 2 aromatic heterocycles. The van der Waals surface area contributed by atoms with E-state index in [9.17, 15) is 4.79 Å². The number of likely N-dealkylation sites (N-methyl/N-ethyl adjacent to an activating group) is 1. The average molecular weight is 370 g/mol. The van der Waals surface area contributed by atoms with Gasteiger partial charge in [0.05, 0.1) is 0 Å². The Bertz CT molecular complexity index is 759. The van der Waals surface area contributed by atoms with Crippen molar-refractivity contribution in [3.05, 3.63) is 35.9 Å². The fourth-order valence-corrected chi connectivity index (χ4v) is 2.87. The summed E-state index contributed by atoms with van der Waals surface area (Å²) in [6.45, 7) is 6.10. The van der Waals surface area contributed by atoms with E-state index >= 15 is 0 Å². The summed E-state index contributed by atoms with van der Waals surface area (Å²) >= 11 is 0. The van der Waals surface area contributed by atoms with Crippen LogP contribution < -0.4 is 10.2 Å². The predicted octanol–water partition coefficient (Wildman–Crippen LogP) is 0.511. The summed E-state index contributed by atoms with van der Waals surface area (Å²) in [5.74, 6) is 1.14. The highest BCUT2D eigenvalue weighted by Crippen LogP contribution is 2.13. The highest BCUT2D eigenvalue weighted by Gasteiger charge is 2.24. The third-order valence-corrected chi connectivity index (χ3v) is 4.32. The lowest BCUT2D eigenvalue weighted by Crippen LogP contribution is -2.49. The molecular weight excluding hydrogens is 344 g/mol. The quantitative estimate of drug-likeness (QED) is 0.787. The minimum absolute atomic E-state index is 0.0650. The Hall–Kier alpha value is -2.81. The van der Waals surface area contributed by atoms with Gasteiger partial charge in [-0.1, -0.05) is 0 Å². The van der Waals surface area contributed by atoms with Crippen molar-refractivity contribution in [1.29, 1.82) is 0 Å². The van der Waals surface area contributed by atoms with Gasteiger partial charge in [0.1, 0.15) is 5.69 Å². The molecule has 1 aliphatic heterocycles. The summed E-state index contributed by atoms with van der Waals surface area (Å²) in [5, 5.41) is 3.18. The minimum atomic E-state index is -0.0650. The molecule has 3 heterocycles. The third-order valence-electron chi connectivity index (χ3n) is 4.32. The van der Waals surface area contributed by atoms with Crippen LogP contribution in [0, 0.1) is 6.92 Å². The lowest BCUT2D eigenvalue weighted by Gasteiger charge is -2.34. The van der Waals surface area contributed by atoms with Crippen molar-refractivity contribution >= 4 is 17.8 Å². The van der Waals surface area contributed by atoms with Crippen molar-refractivity contribution in [2.24, 2.45) is 0 Å². The van der Waals surface area contributed by atoms with Gasteiger partial charge in [-0.2, -0.15) is 0 Å². The van der Waals surface area contributed by atoms with Crippen LogP contribution in [0.4, 0.5) is 11.9 Å². The number of amides is 1. The molecule has 27 heavy (non-hydrogen) atoms. The van der Waals surface area contributed by atoms with Crippen LogP contribution >= 0.6 is 0 Å². The van der Waals surface area contributed by atoms with Crippen molar-refractivity contribution in [1.82, 2.24) is 29.7 Å². The first-order valence-corrected chi connectivity index (χ1v) is 9.08. The Kier molecular flexibility index (Phi) is 6.12. The molecule has 0 saturated carbocycles. The second-order valence-electron chi connectivity index (χ2n) is 6.78. The molecule has 0 aliphatic carbocycles. The summed E-state index contributed by atoms with van der Waals surface area (Å²) in [4.78, 5) is 36.2. The Morgan fingerprint density at radius 2 is 1.85 bits per heavy atom. The van der Waals surface area contributed by atoms with Gasteiger partial charge in [-0.05, 0) is 33.2 Å². The molecule has 9 heteroatoms. The van der Waals surface area contributed by atoms with Crippen LogP contribution in [-0.2, 0) is 0 Å². The van der Waals surface area contributed by atoms with E-state index in [1.807, 2.05) is 25.9 Å². The second kappa shape index (κ2) is 8.72. The maximum absolute atomic E-state index is 12.9. The van der Waals surface area contributed by atoms with Crippen molar-refractivity contribution < 1.29 is 4.79 Å². The highest BCUT2D eigenvalue weighted by molar-refractivity contribution is 5.92. The summed E-state index contributed by atoms with van der Waals surface area (Å²) in [5.41, 5.74) is 1.20. The number of hydrogen-bond donors (Lipinski definition) is 1. The molecule has 1 aliphatic rings. The van der Waals surface area contributed by atoms with E-state index in [1.54, 1.807) is 24.5 Å². The van der Waals surface area contributed by atoms with E-state index in [0.717, 1.165) is 18.8 Å². The molecule has 1 N–H and O–H groups in total. The van der Waals surface area contributed by atoms with Crippen LogP contribution in [0.5, 0.6) is 0 Å². The fraction of sp³-hybridized carbons (Fsp3) is 0.500. The number of aryl methyl sites for hydroxylation is 1. The number of carbonyl (C=O) groups excluding carboxylic acids is 1. The molecule has 0 atom stereocenters. The zero-order valence-corrected chi connectivity index (χ0v) is 16.1. The highest BCUT2D eigenvalue weighted by atomic mass is 16.2. The van der Waals surface area contributed by atoms with Crippen molar-refractivity contribution in [2.45, 2.75) is 6.92 Å². The number of nitrogens with one attached hydrogen (secondary N) is 1. The number of piperazine rings is 1. The van der Waals surface area contributed by atoms with Gasteiger partial charge in [-0.3, -0.25) is 4.79 Å². The summed E-state index contributed by atoms with van der Waals surface area (Å²) < 4.78 is 0. The summed E-state index contributed by atoms with van der Waals surface area (Å²) in [7, 11) is 4.02. The molecule has 0 unspecified atom stereocenters. The normalized spacial score (nSPS) is 14.5. The Morgan fingerprint density at radius 3 is 2.52 bits per heavy atom. The smallest absolute Gasteiger partial charge is 0.272 e. The van der Waals surface area contributed by atoms with E-state index in [0.29, 0.717) is 43.8 Å². The molecule has 1 amide bonds. The topological polar surface area (TPSA) is 90.4 Å². The minimum Gasteiger partial charge on any atom is -0.353 e. The van der Waals surface area contributed by atoms with Crippen molar-refractivity contribution in [3.8, 4) is 0 Å². The second-order valence-corrected chi connectivity index (χ2v) is 6.78. The molecule has 0 radical (unpaired) electrons.